The van der Waals surface area contributed by atoms with Gasteiger partial charge in [-0.3, -0.25) is 4.79 Å². The van der Waals surface area contributed by atoms with E-state index in [0.29, 0.717) is 0 Å². The topological polar surface area (TPSA) is 46.4 Å². The number of aryl methyl sites for hydroxylation is 3. The Morgan fingerprint density at radius 2 is 1.96 bits per heavy atom. The summed E-state index contributed by atoms with van der Waals surface area (Å²) in [5.74, 6) is 0.112. The molecule has 1 aromatic carbocycles. The Kier molecular flexibility index (Phi) is 3.60. The molecule has 4 rings (SSSR count). The van der Waals surface area contributed by atoms with E-state index < -0.39 is 0 Å². The first-order valence-electron chi connectivity index (χ1n) is 8.45. The van der Waals surface area contributed by atoms with Crippen molar-refractivity contribution in [3.8, 4) is 0 Å². The van der Waals surface area contributed by atoms with Gasteiger partial charge in [-0.05, 0) is 49.9 Å². The number of aromatic nitrogens is 2. The van der Waals surface area contributed by atoms with Gasteiger partial charge in [0.1, 0.15) is 5.65 Å². The summed E-state index contributed by atoms with van der Waals surface area (Å²) in [6, 6.07) is 12.1. The van der Waals surface area contributed by atoms with Crippen molar-refractivity contribution in [1.82, 2.24) is 9.38 Å². The van der Waals surface area contributed by atoms with Crippen LogP contribution in [0.4, 0.5) is 5.69 Å². The fraction of sp³-hybridized carbons (Fsp3) is 0.300. The lowest BCUT2D eigenvalue weighted by Crippen LogP contribution is -2.29. The minimum atomic E-state index is -0.00314. The molecular formula is C20H21N3O. The second-order valence-electron chi connectivity index (χ2n) is 6.63. The summed E-state index contributed by atoms with van der Waals surface area (Å²) >= 11 is 0. The van der Waals surface area contributed by atoms with Gasteiger partial charge < -0.3 is 9.72 Å². The number of carbonyl (C=O) groups excluding carboxylic acids is 1. The second kappa shape index (κ2) is 5.78. The van der Waals surface area contributed by atoms with Crippen molar-refractivity contribution < 1.29 is 4.79 Å². The number of para-hydroxylation sites is 1. The minimum absolute atomic E-state index is 0.00314. The Hall–Kier alpha value is -2.62. The number of imidazole rings is 1. The number of hydrogen-bond donors (Lipinski definition) is 1. The fourth-order valence-electron chi connectivity index (χ4n) is 3.62. The average molecular weight is 319 g/mol. The summed E-state index contributed by atoms with van der Waals surface area (Å²) in [5.41, 5.74) is 6.45. The van der Waals surface area contributed by atoms with Crippen LogP contribution >= 0.6 is 0 Å². The molecule has 0 saturated heterocycles. The Morgan fingerprint density at radius 3 is 2.75 bits per heavy atom. The quantitative estimate of drug-likeness (QED) is 0.783. The molecule has 1 aliphatic rings. The lowest BCUT2D eigenvalue weighted by molar-refractivity contribution is -0.120. The molecule has 1 aliphatic carbocycles. The third-order valence-corrected chi connectivity index (χ3v) is 4.98. The first-order chi connectivity index (χ1) is 11.6. The highest BCUT2D eigenvalue weighted by Gasteiger charge is 2.28. The molecule has 2 aromatic heterocycles. The maximum atomic E-state index is 12.8. The monoisotopic (exact) mass is 319 g/mol. The molecule has 1 unspecified atom stereocenters. The zero-order chi connectivity index (χ0) is 16.7. The molecule has 4 heteroatoms. The van der Waals surface area contributed by atoms with Crippen molar-refractivity contribution in [1.29, 1.82) is 0 Å². The second-order valence-corrected chi connectivity index (χ2v) is 6.63. The van der Waals surface area contributed by atoms with E-state index in [1.54, 1.807) is 0 Å². The lowest BCUT2D eigenvalue weighted by atomic mass is 9.89. The first-order valence-corrected chi connectivity index (χ1v) is 8.45. The summed E-state index contributed by atoms with van der Waals surface area (Å²) < 4.78 is 2.12. The number of rotatable bonds is 2. The van der Waals surface area contributed by atoms with Gasteiger partial charge in [0.15, 0.2) is 0 Å². The van der Waals surface area contributed by atoms with Crippen LogP contribution in [0.25, 0.3) is 5.65 Å². The van der Waals surface area contributed by atoms with Crippen molar-refractivity contribution in [3.63, 3.8) is 0 Å². The number of hydrogen-bond acceptors (Lipinski definition) is 2. The smallest absolute Gasteiger partial charge is 0.227 e. The maximum absolute atomic E-state index is 12.8. The third-order valence-electron chi connectivity index (χ3n) is 4.98. The number of fused-ring (bicyclic) bond motifs is 3. The predicted octanol–water partition coefficient (Wildman–Crippen LogP) is 3.69. The van der Waals surface area contributed by atoms with E-state index in [1.165, 1.54) is 5.69 Å². The number of nitrogens with one attached hydrogen (secondary N) is 1. The SMILES string of the molecule is Cc1cccc(C)c1NC(=O)C1CCc2nc3ccccn3c2C1. The van der Waals surface area contributed by atoms with Crippen molar-refractivity contribution in [3.05, 3.63) is 65.1 Å². The van der Waals surface area contributed by atoms with Crippen molar-refractivity contribution >= 4 is 17.2 Å². The molecular weight excluding hydrogens is 298 g/mol. The van der Waals surface area contributed by atoms with Gasteiger partial charge in [-0.25, -0.2) is 4.98 Å². The molecule has 0 radical (unpaired) electrons. The van der Waals surface area contributed by atoms with E-state index in [-0.39, 0.29) is 11.8 Å². The van der Waals surface area contributed by atoms with E-state index in [0.717, 1.165) is 47.4 Å². The van der Waals surface area contributed by atoms with Gasteiger partial charge in [-0.15, -0.1) is 0 Å². The van der Waals surface area contributed by atoms with Crippen LogP contribution in [-0.4, -0.2) is 15.3 Å². The van der Waals surface area contributed by atoms with Gasteiger partial charge in [-0.1, -0.05) is 24.3 Å². The van der Waals surface area contributed by atoms with E-state index in [1.807, 2.05) is 56.4 Å². The zero-order valence-electron chi connectivity index (χ0n) is 14.0. The van der Waals surface area contributed by atoms with Crippen LogP contribution in [-0.2, 0) is 17.6 Å². The van der Waals surface area contributed by atoms with Gasteiger partial charge in [0.2, 0.25) is 5.91 Å². The normalized spacial score (nSPS) is 16.8. The van der Waals surface area contributed by atoms with Crippen molar-refractivity contribution in [2.45, 2.75) is 33.1 Å². The summed E-state index contributed by atoms with van der Waals surface area (Å²) in [5, 5.41) is 3.15. The van der Waals surface area contributed by atoms with Crippen LogP contribution < -0.4 is 5.32 Å². The molecule has 122 valence electrons. The lowest BCUT2D eigenvalue weighted by Gasteiger charge is -2.22. The fourth-order valence-corrected chi connectivity index (χ4v) is 3.62. The molecule has 0 spiro atoms. The van der Waals surface area contributed by atoms with Crippen LogP contribution in [0, 0.1) is 19.8 Å². The minimum Gasteiger partial charge on any atom is -0.325 e. The molecule has 1 amide bonds. The number of benzene rings is 1. The number of pyridine rings is 1. The van der Waals surface area contributed by atoms with Gasteiger partial charge in [-0.2, -0.15) is 0 Å². The van der Waals surface area contributed by atoms with Gasteiger partial charge >= 0.3 is 0 Å². The molecule has 2 heterocycles. The van der Waals surface area contributed by atoms with Gasteiger partial charge in [0.05, 0.1) is 5.69 Å². The average Bonchev–Trinajstić information content (AvgIpc) is 2.96. The highest BCUT2D eigenvalue weighted by atomic mass is 16.1. The largest absolute Gasteiger partial charge is 0.325 e. The van der Waals surface area contributed by atoms with Crippen LogP contribution in [0.2, 0.25) is 0 Å². The predicted molar refractivity (Wildman–Crippen MR) is 95.3 cm³/mol. The van der Waals surface area contributed by atoms with Crippen LogP contribution in [0.15, 0.2) is 42.6 Å². The molecule has 24 heavy (non-hydrogen) atoms. The van der Waals surface area contributed by atoms with Crippen LogP contribution in [0.1, 0.15) is 28.9 Å². The van der Waals surface area contributed by atoms with E-state index in [4.69, 9.17) is 4.98 Å². The first kappa shape index (κ1) is 14.9. The van der Waals surface area contributed by atoms with Crippen LogP contribution in [0.3, 0.4) is 0 Å². The highest BCUT2D eigenvalue weighted by Crippen LogP contribution is 2.28. The molecule has 3 aromatic rings. The molecule has 0 aliphatic heterocycles. The summed E-state index contributed by atoms with van der Waals surface area (Å²) in [4.78, 5) is 17.5. The van der Waals surface area contributed by atoms with Crippen molar-refractivity contribution in [2.24, 2.45) is 5.92 Å². The van der Waals surface area contributed by atoms with E-state index >= 15 is 0 Å². The molecule has 1 N–H and O–H groups in total. The number of nitrogens with zero attached hydrogens (tertiary/aromatic N) is 2. The van der Waals surface area contributed by atoms with Gasteiger partial charge in [0, 0.05) is 29.9 Å². The maximum Gasteiger partial charge on any atom is 0.227 e. The molecule has 1 atom stereocenters. The standard InChI is InChI=1S/C20H21N3O/c1-13-6-5-7-14(2)19(13)22-20(24)15-9-10-16-17(12-15)23-11-4-3-8-18(23)21-16/h3-8,11,15H,9-10,12H2,1-2H3,(H,22,24). The Balaban J connectivity index is 1.59. The highest BCUT2D eigenvalue weighted by molar-refractivity contribution is 5.94. The van der Waals surface area contributed by atoms with E-state index in [2.05, 4.69) is 9.72 Å². The Morgan fingerprint density at radius 1 is 1.17 bits per heavy atom. The van der Waals surface area contributed by atoms with Crippen LogP contribution in [0.5, 0.6) is 0 Å². The molecule has 4 nitrogen and oxygen atoms in total. The Labute approximate surface area is 141 Å². The summed E-state index contributed by atoms with van der Waals surface area (Å²) in [7, 11) is 0. The number of anilines is 1. The van der Waals surface area contributed by atoms with E-state index in [9.17, 15) is 4.79 Å². The molecule has 0 saturated carbocycles. The zero-order valence-corrected chi connectivity index (χ0v) is 14.0. The van der Waals surface area contributed by atoms with Crippen molar-refractivity contribution in [2.75, 3.05) is 5.32 Å². The summed E-state index contributed by atoms with van der Waals surface area (Å²) in [6.07, 6.45) is 4.50. The third kappa shape index (κ3) is 2.48. The number of amides is 1. The summed E-state index contributed by atoms with van der Waals surface area (Å²) in [6.45, 7) is 4.07. The Bertz CT molecular complexity index is 906. The van der Waals surface area contributed by atoms with Gasteiger partial charge in [0.25, 0.3) is 0 Å². The number of carbonyl (C=O) groups is 1. The molecule has 0 bridgehead atoms. The molecule has 0 fully saturated rings.